The molecule has 0 atom stereocenters. The summed E-state index contributed by atoms with van der Waals surface area (Å²) in [6, 6.07) is 12.8. The molecule has 28 heavy (non-hydrogen) atoms. The van der Waals surface area contributed by atoms with Crippen LogP contribution >= 0.6 is 0 Å². The van der Waals surface area contributed by atoms with Gasteiger partial charge in [-0.1, -0.05) is 12.1 Å². The highest BCUT2D eigenvalue weighted by Crippen LogP contribution is 2.32. The number of carbonyl (C=O) groups excluding carboxylic acids is 1. The molecule has 8 heteroatoms. The van der Waals surface area contributed by atoms with Crippen molar-refractivity contribution in [2.24, 2.45) is 0 Å². The van der Waals surface area contributed by atoms with Crippen LogP contribution in [0.25, 0.3) is 0 Å². The molecule has 0 saturated heterocycles. The number of methoxy groups -OCH3 is 2. The Balaban J connectivity index is 2.54. The monoisotopic (exact) mass is 406 g/mol. The zero-order valence-corrected chi connectivity index (χ0v) is 17.4. The molecule has 2 aromatic rings. The summed E-state index contributed by atoms with van der Waals surface area (Å²) in [5.74, 6) is 0.627. The van der Waals surface area contributed by atoms with Crippen LogP contribution < -0.4 is 13.8 Å². The van der Waals surface area contributed by atoms with Crippen molar-refractivity contribution in [3.8, 4) is 11.5 Å². The van der Waals surface area contributed by atoms with E-state index in [9.17, 15) is 13.2 Å². The van der Waals surface area contributed by atoms with E-state index in [-0.39, 0.29) is 17.3 Å². The van der Waals surface area contributed by atoms with Gasteiger partial charge in [-0.2, -0.15) is 0 Å². The number of sulfonamides is 1. The van der Waals surface area contributed by atoms with Crippen LogP contribution in [0.5, 0.6) is 11.5 Å². The van der Waals surface area contributed by atoms with Gasteiger partial charge in [-0.25, -0.2) is 8.42 Å². The quantitative estimate of drug-likeness (QED) is 0.640. The van der Waals surface area contributed by atoms with E-state index in [2.05, 4.69) is 0 Å². The molecule has 0 spiro atoms. The molecule has 0 unspecified atom stereocenters. The normalized spacial score (nSPS) is 11.0. The molecular weight excluding hydrogens is 380 g/mol. The van der Waals surface area contributed by atoms with E-state index in [0.717, 1.165) is 4.31 Å². The van der Waals surface area contributed by atoms with Crippen LogP contribution in [0.2, 0.25) is 0 Å². The number of amides is 1. The molecule has 0 N–H and O–H groups in total. The predicted molar refractivity (Wildman–Crippen MR) is 108 cm³/mol. The minimum atomic E-state index is -4.01. The maximum absolute atomic E-state index is 13.4. The number of carbonyl (C=O) groups is 1. The number of para-hydroxylation sites is 2. The van der Waals surface area contributed by atoms with Gasteiger partial charge in [0.1, 0.15) is 18.0 Å². The average Bonchev–Trinajstić information content (AvgIpc) is 2.72. The summed E-state index contributed by atoms with van der Waals surface area (Å²) in [6.07, 6.45) is 0. The molecule has 2 aromatic carbocycles. The van der Waals surface area contributed by atoms with Crippen molar-refractivity contribution in [2.75, 3.05) is 38.2 Å². The fraction of sp³-hybridized carbons (Fsp3) is 0.350. The molecule has 152 valence electrons. The first-order valence-corrected chi connectivity index (χ1v) is 10.4. The minimum absolute atomic E-state index is 0.0616. The lowest BCUT2D eigenvalue weighted by Crippen LogP contribution is -2.43. The van der Waals surface area contributed by atoms with Crippen molar-refractivity contribution in [2.45, 2.75) is 18.7 Å². The SMILES string of the molecule is CCN(CC)C(=O)CN(c1ccccc1OC)S(=O)(=O)c1ccc(OC)cc1. The molecule has 0 aliphatic heterocycles. The smallest absolute Gasteiger partial charge is 0.264 e. The van der Waals surface area contributed by atoms with Gasteiger partial charge in [0.25, 0.3) is 10.0 Å². The molecule has 0 aromatic heterocycles. The largest absolute Gasteiger partial charge is 0.497 e. The Morgan fingerprint density at radius 2 is 1.54 bits per heavy atom. The standard InChI is InChI=1S/C20H26N2O5S/c1-5-21(6-2)20(23)15-22(18-9-7-8-10-19(18)27-4)28(24,25)17-13-11-16(26-3)12-14-17/h7-14H,5-6,15H2,1-4H3. The number of anilines is 1. The second kappa shape index (κ2) is 9.45. The van der Waals surface area contributed by atoms with E-state index in [0.29, 0.717) is 30.3 Å². The van der Waals surface area contributed by atoms with Crippen molar-refractivity contribution < 1.29 is 22.7 Å². The number of nitrogens with zero attached hydrogens (tertiary/aromatic N) is 2. The number of ether oxygens (including phenoxy) is 2. The van der Waals surface area contributed by atoms with Crippen molar-refractivity contribution in [3.63, 3.8) is 0 Å². The molecule has 0 bridgehead atoms. The van der Waals surface area contributed by atoms with E-state index >= 15 is 0 Å². The molecule has 0 saturated carbocycles. The van der Waals surface area contributed by atoms with Gasteiger partial charge in [0.15, 0.2) is 0 Å². The van der Waals surface area contributed by atoms with Crippen molar-refractivity contribution >= 4 is 21.6 Å². The summed E-state index contributed by atoms with van der Waals surface area (Å²) in [6.45, 7) is 4.38. The summed E-state index contributed by atoms with van der Waals surface area (Å²) in [7, 11) is -1.04. The average molecular weight is 407 g/mol. The molecule has 0 fully saturated rings. The van der Waals surface area contributed by atoms with Crippen LogP contribution in [0, 0.1) is 0 Å². The van der Waals surface area contributed by atoms with Gasteiger partial charge in [-0.15, -0.1) is 0 Å². The van der Waals surface area contributed by atoms with Gasteiger partial charge in [0.2, 0.25) is 5.91 Å². The Bertz CT molecular complexity index is 893. The van der Waals surface area contributed by atoms with E-state index in [1.54, 1.807) is 41.3 Å². The van der Waals surface area contributed by atoms with E-state index in [4.69, 9.17) is 9.47 Å². The first-order valence-electron chi connectivity index (χ1n) is 8.96. The maximum Gasteiger partial charge on any atom is 0.264 e. The lowest BCUT2D eigenvalue weighted by Gasteiger charge is -2.28. The fourth-order valence-corrected chi connectivity index (χ4v) is 4.23. The number of benzene rings is 2. The Morgan fingerprint density at radius 3 is 2.07 bits per heavy atom. The Kier molecular flexibility index (Phi) is 7.28. The van der Waals surface area contributed by atoms with Gasteiger partial charge < -0.3 is 14.4 Å². The van der Waals surface area contributed by atoms with Gasteiger partial charge in [-0.3, -0.25) is 9.10 Å². The number of likely N-dealkylation sites (N-methyl/N-ethyl adjacent to an activating group) is 1. The van der Waals surface area contributed by atoms with E-state index < -0.39 is 10.0 Å². The van der Waals surface area contributed by atoms with Crippen LogP contribution in [0.3, 0.4) is 0 Å². The Morgan fingerprint density at radius 1 is 0.929 bits per heavy atom. The summed E-state index contributed by atoms with van der Waals surface area (Å²) in [5.41, 5.74) is 0.307. The lowest BCUT2D eigenvalue weighted by atomic mass is 10.3. The zero-order chi connectivity index (χ0) is 20.7. The van der Waals surface area contributed by atoms with Crippen molar-refractivity contribution in [1.82, 2.24) is 4.90 Å². The summed E-state index contributed by atoms with van der Waals surface area (Å²) < 4.78 is 38.3. The van der Waals surface area contributed by atoms with Crippen molar-refractivity contribution in [3.05, 3.63) is 48.5 Å². The molecule has 0 aliphatic rings. The van der Waals surface area contributed by atoms with Crippen LogP contribution in [-0.2, 0) is 14.8 Å². The molecule has 0 aliphatic carbocycles. The van der Waals surface area contributed by atoms with E-state index in [1.165, 1.54) is 26.4 Å². The summed E-state index contributed by atoms with van der Waals surface area (Å²) in [5, 5.41) is 0. The Hall–Kier alpha value is -2.74. The first-order chi connectivity index (χ1) is 13.4. The highest BCUT2D eigenvalue weighted by atomic mass is 32.2. The van der Waals surface area contributed by atoms with E-state index in [1.807, 2.05) is 13.8 Å². The molecule has 0 radical (unpaired) electrons. The number of rotatable bonds is 9. The van der Waals surface area contributed by atoms with Gasteiger partial charge in [0, 0.05) is 13.1 Å². The number of hydrogen-bond acceptors (Lipinski definition) is 5. The second-order valence-electron chi connectivity index (χ2n) is 5.93. The predicted octanol–water partition coefficient (Wildman–Crippen LogP) is 2.77. The summed E-state index contributed by atoms with van der Waals surface area (Å²) >= 11 is 0. The first kappa shape index (κ1) is 21.6. The highest BCUT2D eigenvalue weighted by molar-refractivity contribution is 7.92. The van der Waals surface area contributed by atoms with Gasteiger partial charge >= 0.3 is 0 Å². The molecular formula is C20H26N2O5S. The third-order valence-electron chi connectivity index (χ3n) is 4.40. The Labute approximate surface area is 166 Å². The molecule has 0 heterocycles. The zero-order valence-electron chi connectivity index (χ0n) is 16.6. The van der Waals surface area contributed by atoms with Crippen LogP contribution in [0.15, 0.2) is 53.4 Å². The van der Waals surface area contributed by atoms with Crippen LogP contribution in [0.4, 0.5) is 5.69 Å². The molecule has 1 amide bonds. The van der Waals surface area contributed by atoms with Gasteiger partial charge in [0.05, 0.1) is 24.8 Å². The van der Waals surface area contributed by atoms with Gasteiger partial charge in [-0.05, 0) is 50.2 Å². The topological polar surface area (TPSA) is 76.2 Å². The second-order valence-corrected chi connectivity index (χ2v) is 7.79. The van der Waals surface area contributed by atoms with Crippen molar-refractivity contribution in [1.29, 1.82) is 0 Å². The van der Waals surface area contributed by atoms with Crippen LogP contribution in [-0.4, -0.2) is 53.1 Å². The fourth-order valence-electron chi connectivity index (χ4n) is 2.81. The summed E-state index contributed by atoms with van der Waals surface area (Å²) in [4.78, 5) is 14.4. The third kappa shape index (κ3) is 4.56. The third-order valence-corrected chi connectivity index (χ3v) is 6.17. The molecule has 7 nitrogen and oxygen atoms in total. The van der Waals surface area contributed by atoms with Crippen LogP contribution in [0.1, 0.15) is 13.8 Å². The minimum Gasteiger partial charge on any atom is -0.497 e. The highest BCUT2D eigenvalue weighted by Gasteiger charge is 2.30. The number of hydrogen-bond donors (Lipinski definition) is 0. The maximum atomic E-state index is 13.4. The lowest BCUT2D eigenvalue weighted by molar-refractivity contribution is -0.129. The molecule has 2 rings (SSSR count).